The van der Waals surface area contributed by atoms with Gasteiger partial charge in [0.25, 0.3) is 0 Å². The number of hydrogen-bond acceptors (Lipinski definition) is 4. The monoisotopic (exact) mass is 192 g/mol. The van der Waals surface area contributed by atoms with Crippen molar-refractivity contribution in [3.63, 3.8) is 0 Å². The first-order valence-electron chi connectivity index (χ1n) is 4.35. The lowest BCUT2D eigenvalue weighted by molar-refractivity contribution is 0.400. The fourth-order valence-corrected chi connectivity index (χ4v) is 1.63. The van der Waals surface area contributed by atoms with Gasteiger partial charge >= 0.3 is 0 Å². The van der Waals surface area contributed by atoms with Crippen LogP contribution in [0.4, 0.5) is 0 Å². The van der Waals surface area contributed by atoms with Gasteiger partial charge in [-0.25, -0.2) is 0 Å². The second kappa shape index (κ2) is 3.31. The van der Waals surface area contributed by atoms with E-state index in [1.54, 1.807) is 0 Å². The van der Waals surface area contributed by atoms with Crippen molar-refractivity contribution in [3.8, 4) is 11.5 Å². The highest BCUT2D eigenvalue weighted by molar-refractivity contribution is 5.61. The number of rotatable bonds is 1. The van der Waals surface area contributed by atoms with Crippen molar-refractivity contribution < 1.29 is 15.0 Å². The maximum atomic E-state index is 10.4. The molecule has 2 rings (SSSR count). The summed E-state index contributed by atoms with van der Waals surface area (Å²) in [5, 5.41) is 21.5. The van der Waals surface area contributed by atoms with E-state index in [2.05, 4.69) is 5.32 Å². The summed E-state index contributed by atoms with van der Waals surface area (Å²) >= 11 is 0. The van der Waals surface area contributed by atoms with Crippen LogP contribution in [-0.2, 0) is 17.8 Å². The van der Waals surface area contributed by atoms with Crippen LogP contribution in [0.15, 0.2) is 12.1 Å². The summed E-state index contributed by atoms with van der Waals surface area (Å²) in [6.45, 7) is 0.517. The van der Waals surface area contributed by atoms with Gasteiger partial charge in [0.15, 0.2) is 11.5 Å². The Bertz CT molecular complexity index is 376. The van der Waals surface area contributed by atoms with E-state index in [-0.39, 0.29) is 17.5 Å². The van der Waals surface area contributed by atoms with Crippen molar-refractivity contribution in [2.75, 3.05) is 0 Å². The SMILES string of the molecule is O=[C][C@@H]1Cc2cc(O)c(O)cc2CN1. The van der Waals surface area contributed by atoms with Crippen LogP contribution in [-0.4, -0.2) is 22.5 Å². The number of fused-ring (bicyclic) bond motifs is 1. The minimum Gasteiger partial charge on any atom is -0.504 e. The Balaban J connectivity index is 2.38. The Morgan fingerprint density at radius 3 is 2.57 bits per heavy atom. The van der Waals surface area contributed by atoms with Gasteiger partial charge in [0.05, 0.1) is 6.04 Å². The largest absolute Gasteiger partial charge is 0.504 e. The van der Waals surface area contributed by atoms with Crippen molar-refractivity contribution in [1.82, 2.24) is 5.32 Å². The molecule has 3 N–H and O–H groups in total. The molecule has 73 valence electrons. The van der Waals surface area contributed by atoms with E-state index in [1.807, 2.05) is 6.29 Å². The molecule has 4 nitrogen and oxygen atoms in total. The van der Waals surface area contributed by atoms with E-state index in [9.17, 15) is 15.0 Å². The highest BCUT2D eigenvalue weighted by atomic mass is 16.3. The molecule has 0 saturated carbocycles. The highest BCUT2D eigenvalue weighted by Gasteiger charge is 2.19. The van der Waals surface area contributed by atoms with Gasteiger partial charge in [-0.3, -0.25) is 4.79 Å². The van der Waals surface area contributed by atoms with Gasteiger partial charge in [-0.2, -0.15) is 0 Å². The summed E-state index contributed by atoms with van der Waals surface area (Å²) in [5.41, 5.74) is 1.79. The Morgan fingerprint density at radius 2 is 1.93 bits per heavy atom. The van der Waals surface area contributed by atoms with Crippen molar-refractivity contribution in [2.24, 2.45) is 0 Å². The van der Waals surface area contributed by atoms with Crippen LogP contribution < -0.4 is 5.32 Å². The van der Waals surface area contributed by atoms with E-state index in [0.717, 1.165) is 11.1 Å². The van der Waals surface area contributed by atoms with E-state index >= 15 is 0 Å². The van der Waals surface area contributed by atoms with Gasteiger partial charge in [0.1, 0.15) is 0 Å². The smallest absolute Gasteiger partial charge is 0.217 e. The normalized spacial score (nSPS) is 20.1. The molecule has 1 aromatic carbocycles. The van der Waals surface area contributed by atoms with Crippen LogP contribution in [0.5, 0.6) is 11.5 Å². The third-order valence-electron chi connectivity index (χ3n) is 2.40. The zero-order valence-corrected chi connectivity index (χ0v) is 7.45. The van der Waals surface area contributed by atoms with Crippen molar-refractivity contribution in [3.05, 3.63) is 23.3 Å². The van der Waals surface area contributed by atoms with Crippen LogP contribution in [0.2, 0.25) is 0 Å². The molecule has 1 atom stereocenters. The number of benzene rings is 1. The first-order chi connectivity index (χ1) is 6.70. The number of hydrogen-bond donors (Lipinski definition) is 3. The van der Waals surface area contributed by atoms with Gasteiger partial charge in [-0.05, 0) is 29.7 Å². The predicted molar refractivity (Wildman–Crippen MR) is 49.8 cm³/mol. The number of nitrogens with one attached hydrogen (secondary N) is 1. The average Bonchev–Trinajstić information content (AvgIpc) is 2.19. The fourth-order valence-electron chi connectivity index (χ4n) is 1.63. The topological polar surface area (TPSA) is 69.6 Å². The molecule has 0 bridgehead atoms. The Kier molecular flexibility index (Phi) is 2.13. The molecule has 1 aliphatic heterocycles. The van der Waals surface area contributed by atoms with Crippen LogP contribution in [0.3, 0.4) is 0 Å². The molecule has 0 aromatic heterocycles. The van der Waals surface area contributed by atoms with E-state index in [0.29, 0.717) is 13.0 Å². The molecule has 1 radical (unpaired) electrons. The average molecular weight is 192 g/mol. The molecular formula is C10H10NO3. The first kappa shape index (κ1) is 9.02. The van der Waals surface area contributed by atoms with Crippen molar-refractivity contribution in [1.29, 1.82) is 0 Å². The van der Waals surface area contributed by atoms with Gasteiger partial charge < -0.3 is 15.5 Å². The second-order valence-corrected chi connectivity index (χ2v) is 3.37. The molecule has 0 aliphatic carbocycles. The predicted octanol–water partition coefficient (Wildman–Crippen LogP) is 0.222. The quantitative estimate of drug-likeness (QED) is 0.557. The number of phenols is 2. The summed E-state index contributed by atoms with van der Waals surface area (Å²) in [6.07, 6.45) is 2.38. The fraction of sp³-hybridized carbons (Fsp3) is 0.300. The van der Waals surface area contributed by atoms with Crippen LogP contribution in [0.25, 0.3) is 0 Å². The first-order valence-corrected chi connectivity index (χ1v) is 4.35. The van der Waals surface area contributed by atoms with E-state index in [1.165, 1.54) is 12.1 Å². The third-order valence-corrected chi connectivity index (χ3v) is 2.40. The van der Waals surface area contributed by atoms with Gasteiger partial charge in [0.2, 0.25) is 6.29 Å². The molecule has 1 aliphatic rings. The van der Waals surface area contributed by atoms with Crippen molar-refractivity contribution >= 4 is 6.29 Å². The van der Waals surface area contributed by atoms with Gasteiger partial charge in [0, 0.05) is 6.54 Å². The van der Waals surface area contributed by atoms with Crippen LogP contribution in [0.1, 0.15) is 11.1 Å². The summed E-state index contributed by atoms with van der Waals surface area (Å²) in [4.78, 5) is 10.4. The second-order valence-electron chi connectivity index (χ2n) is 3.37. The van der Waals surface area contributed by atoms with Gasteiger partial charge in [-0.1, -0.05) is 0 Å². The molecule has 0 spiro atoms. The Labute approximate surface area is 81.2 Å². The summed E-state index contributed by atoms with van der Waals surface area (Å²) in [7, 11) is 0. The van der Waals surface area contributed by atoms with E-state index in [4.69, 9.17) is 0 Å². The summed E-state index contributed by atoms with van der Waals surface area (Å²) in [6, 6.07) is 2.69. The van der Waals surface area contributed by atoms with Crippen LogP contribution >= 0.6 is 0 Å². The summed E-state index contributed by atoms with van der Waals surface area (Å²) in [5.74, 6) is -0.269. The molecule has 4 heteroatoms. The number of carbonyl (C=O) groups excluding carboxylic acids is 1. The minimum absolute atomic E-state index is 0.126. The molecule has 0 fully saturated rings. The number of aromatic hydroxyl groups is 2. The molecule has 1 heterocycles. The third kappa shape index (κ3) is 1.44. The molecule has 14 heavy (non-hydrogen) atoms. The summed E-state index contributed by atoms with van der Waals surface area (Å²) < 4.78 is 0. The molecule has 1 aromatic rings. The lowest BCUT2D eigenvalue weighted by Gasteiger charge is -2.21. The standard InChI is InChI=1S/C10H10NO3/c12-5-8-1-6-2-9(13)10(14)3-7(6)4-11-8/h2-3,8,11,13-14H,1,4H2/t8-/m0/s1. The maximum absolute atomic E-state index is 10.4. The minimum atomic E-state index is -0.313. The molecular weight excluding hydrogens is 182 g/mol. The van der Waals surface area contributed by atoms with E-state index < -0.39 is 0 Å². The number of phenolic OH excluding ortho intramolecular Hbond substituents is 2. The molecule has 0 unspecified atom stereocenters. The lowest BCUT2D eigenvalue weighted by atomic mass is 9.96. The Hall–Kier alpha value is -1.55. The Morgan fingerprint density at radius 1 is 1.29 bits per heavy atom. The highest BCUT2D eigenvalue weighted by Crippen LogP contribution is 2.30. The zero-order valence-electron chi connectivity index (χ0n) is 7.45. The lowest BCUT2D eigenvalue weighted by Crippen LogP contribution is -2.36. The van der Waals surface area contributed by atoms with Crippen molar-refractivity contribution in [2.45, 2.75) is 19.0 Å². The van der Waals surface area contributed by atoms with Gasteiger partial charge in [-0.15, -0.1) is 0 Å². The zero-order chi connectivity index (χ0) is 10.1. The molecule has 0 saturated heterocycles. The molecule has 0 amide bonds. The maximum Gasteiger partial charge on any atom is 0.217 e. The van der Waals surface area contributed by atoms with Crippen LogP contribution in [0, 0.1) is 0 Å².